The van der Waals surface area contributed by atoms with Gasteiger partial charge in [-0.25, -0.2) is 9.44 Å². The minimum Gasteiger partial charge on any atom is -0.202 e. The summed E-state index contributed by atoms with van der Waals surface area (Å²) in [6.07, 6.45) is 1.82. The van der Waals surface area contributed by atoms with Crippen LogP contribution in [0.25, 0.3) is 0 Å². The minimum absolute atomic E-state index is 0.267. The number of nitrogens with one attached hydrogen (secondary N) is 2. The summed E-state index contributed by atoms with van der Waals surface area (Å²) in [5, 5.41) is 0. The van der Waals surface area contributed by atoms with Gasteiger partial charge in [-0.15, -0.1) is 11.6 Å². The molecule has 0 amide bonds. The molecule has 0 unspecified atom stereocenters. The number of hydrogen-bond donors (Lipinski definition) is 2. The van der Waals surface area contributed by atoms with Crippen molar-refractivity contribution in [3.8, 4) is 0 Å². The number of rotatable bonds is 7. The van der Waals surface area contributed by atoms with Gasteiger partial charge in [-0.3, -0.25) is 0 Å². The van der Waals surface area contributed by atoms with E-state index in [2.05, 4.69) is 9.44 Å². The summed E-state index contributed by atoms with van der Waals surface area (Å²) >= 11 is 5.31. The number of halogens is 1. The molecule has 0 aromatic rings. The maximum Gasteiger partial charge on any atom is 0.276 e. The number of unbranched alkanes of at least 4 members (excludes halogenated alkanes) is 1. The van der Waals surface area contributed by atoms with Gasteiger partial charge in [-0.05, 0) is 6.42 Å². The van der Waals surface area contributed by atoms with Gasteiger partial charge in [-0.2, -0.15) is 8.42 Å². The van der Waals surface area contributed by atoms with Crippen molar-refractivity contribution in [3.63, 3.8) is 0 Å². The van der Waals surface area contributed by atoms with Crippen LogP contribution < -0.4 is 9.44 Å². The van der Waals surface area contributed by atoms with Crippen LogP contribution in [0.1, 0.15) is 19.8 Å². The molecule has 0 aliphatic heterocycles. The Balaban J connectivity index is 3.58. The predicted molar refractivity (Wildman–Crippen MR) is 50.6 cm³/mol. The fraction of sp³-hybridized carbons (Fsp3) is 1.00. The van der Waals surface area contributed by atoms with Crippen molar-refractivity contribution in [2.75, 3.05) is 19.0 Å². The predicted octanol–water partition coefficient (Wildman–Crippen LogP) is 0.449. The average Bonchev–Trinajstić information content (AvgIpc) is 2.01. The van der Waals surface area contributed by atoms with Crippen LogP contribution in [-0.4, -0.2) is 27.4 Å². The van der Waals surface area contributed by atoms with Gasteiger partial charge in [-0.1, -0.05) is 13.3 Å². The van der Waals surface area contributed by atoms with E-state index < -0.39 is 10.2 Å². The standard InChI is InChI=1S/C6H15ClN2O2S/c1-2-3-5-8-12(10,11)9-6-4-7/h8-9H,2-6H2,1H3. The molecular formula is C6H15ClN2O2S. The first-order valence-corrected chi connectivity index (χ1v) is 5.94. The van der Waals surface area contributed by atoms with E-state index in [1.54, 1.807) is 0 Å². The highest BCUT2D eigenvalue weighted by Gasteiger charge is 2.05. The first kappa shape index (κ1) is 12.2. The Morgan fingerprint density at radius 1 is 1.25 bits per heavy atom. The van der Waals surface area contributed by atoms with Crippen LogP contribution >= 0.6 is 11.6 Å². The summed E-state index contributed by atoms with van der Waals surface area (Å²) in [4.78, 5) is 0. The van der Waals surface area contributed by atoms with Crippen molar-refractivity contribution in [2.45, 2.75) is 19.8 Å². The SMILES string of the molecule is CCCCNS(=O)(=O)NCCCl. The van der Waals surface area contributed by atoms with Gasteiger partial charge in [0.1, 0.15) is 0 Å². The lowest BCUT2D eigenvalue weighted by molar-refractivity contribution is 0.566. The molecule has 74 valence electrons. The minimum atomic E-state index is -3.30. The third-order valence-electron chi connectivity index (χ3n) is 1.21. The summed E-state index contributed by atoms with van der Waals surface area (Å²) in [7, 11) is -3.30. The molecule has 0 aliphatic carbocycles. The maximum absolute atomic E-state index is 11.0. The van der Waals surface area contributed by atoms with E-state index in [1.807, 2.05) is 6.92 Å². The Labute approximate surface area is 78.9 Å². The summed E-state index contributed by atoms with van der Waals surface area (Å²) in [6, 6.07) is 0. The average molecular weight is 215 g/mol. The van der Waals surface area contributed by atoms with Crippen LogP contribution in [0.4, 0.5) is 0 Å². The fourth-order valence-corrected chi connectivity index (χ4v) is 1.70. The van der Waals surface area contributed by atoms with Crippen molar-refractivity contribution in [2.24, 2.45) is 0 Å². The second-order valence-electron chi connectivity index (χ2n) is 2.33. The molecule has 0 aromatic heterocycles. The Bertz CT molecular complexity index is 194. The highest BCUT2D eigenvalue weighted by atomic mass is 35.5. The van der Waals surface area contributed by atoms with Crippen LogP contribution in [0.3, 0.4) is 0 Å². The van der Waals surface area contributed by atoms with E-state index in [9.17, 15) is 8.42 Å². The van der Waals surface area contributed by atoms with Gasteiger partial charge in [0, 0.05) is 19.0 Å². The Hall–Kier alpha value is 0.160. The third kappa shape index (κ3) is 6.84. The van der Waals surface area contributed by atoms with Gasteiger partial charge in [0.05, 0.1) is 0 Å². The number of hydrogen-bond acceptors (Lipinski definition) is 2. The van der Waals surface area contributed by atoms with E-state index in [-0.39, 0.29) is 12.4 Å². The van der Waals surface area contributed by atoms with E-state index in [4.69, 9.17) is 11.6 Å². The van der Waals surface area contributed by atoms with Crippen molar-refractivity contribution < 1.29 is 8.42 Å². The van der Waals surface area contributed by atoms with Crippen molar-refractivity contribution >= 4 is 21.8 Å². The topological polar surface area (TPSA) is 58.2 Å². The van der Waals surface area contributed by atoms with Crippen molar-refractivity contribution in [3.05, 3.63) is 0 Å². The molecule has 0 aliphatic rings. The van der Waals surface area contributed by atoms with Crippen LogP contribution in [0, 0.1) is 0 Å². The van der Waals surface area contributed by atoms with Crippen LogP contribution in [0.2, 0.25) is 0 Å². The van der Waals surface area contributed by atoms with E-state index in [1.165, 1.54) is 0 Å². The maximum atomic E-state index is 11.0. The first-order chi connectivity index (χ1) is 5.62. The molecule has 6 heteroatoms. The lowest BCUT2D eigenvalue weighted by Gasteiger charge is -2.05. The molecule has 2 N–H and O–H groups in total. The molecule has 0 rings (SSSR count). The second kappa shape index (κ2) is 6.65. The zero-order valence-electron chi connectivity index (χ0n) is 7.14. The van der Waals surface area contributed by atoms with Gasteiger partial charge in [0.25, 0.3) is 10.2 Å². The molecule has 0 atom stereocenters. The van der Waals surface area contributed by atoms with Crippen LogP contribution in [0.5, 0.6) is 0 Å². The Morgan fingerprint density at radius 2 is 1.83 bits per heavy atom. The van der Waals surface area contributed by atoms with Gasteiger partial charge in [0.2, 0.25) is 0 Å². The molecule has 0 radical (unpaired) electrons. The molecule has 12 heavy (non-hydrogen) atoms. The highest BCUT2D eigenvalue weighted by molar-refractivity contribution is 7.87. The third-order valence-corrected chi connectivity index (χ3v) is 2.57. The van der Waals surface area contributed by atoms with Crippen LogP contribution in [-0.2, 0) is 10.2 Å². The summed E-state index contributed by atoms with van der Waals surface area (Å²) in [6.45, 7) is 2.75. The monoisotopic (exact) mass is 214 g/mol. The summed E-state index contributed by atoms with van der Waals surface area (Å²) < 4.78 is 26.7. The molecule has 0 saturated heterocycles. The van der Waals surface area contributed by atoms with Crippen molar-refractivity contribution in [1.82, 2.24) is 9.44 Å². The molecule has 4 nitrogen and oxygen atoms in total. The van der Waals surface area contributed by atoms with Gasteiger partial charge in [0.15, 0.2) is 0 Å². The number of alkyl halides is 1. The zero-order valence-corrected chi connectivity index (χ0v) is 8.71. The molecule has 0 aromatic carbocycles. The van der Waals surface area contributed by atoms with Crippen LogP contribution in [0.15, 0.2) is 0 Å². The largest absolute Gasteiger partial charge is 0.276 e. The molecule has 0 fully saturated rings. The Kier molecular flexibility index (Phi) is 6.74. The van der Waals surface area contributed by atoms with E-state index >= 15 is 0 Å². The molecule has 0 heterocycles. The second-order valence-corrected chi connectivity index (χ2v) is 4.30. The van der Waals surface area contributed by atoms with Crippen molar-refractivity contribution in [1.29, 1.82) is 0 Å². The molecule has 0 saturated carbocycles. The lowest BCUT2D eigenvalue weighted by Crippen LogP contribution is -2.37. The van der Waals surface area contributed by atoms with E-state index in [0.717, 1.165) is 12.8 Å². The summed E-state index contributed by atoms with van der Waals surface area (Å²) in [5.41, 5.74) is 0. The smallest absolute Gasteiger partial charge is 0.202 e. The first-order valence-electron chi connectivity index (χ1n) is 3.92. The van der Waals surface area contributed by atoms with Gasteiger partial charge >= 0.3 is 0 Å². The normalized spacial score (nSPS) is 11.8. The fourth-order valence-electron chi connectivity index (χ4n) is 0.607. The highest BCUT2D eigenvalue weighted by Crippen LogP contribution is 1.85. The molecule has 0 bridgehead atoms. The Morgan fingerprint density at radius 3 is 2.33 bits per heavy atom. The van der Waals surface area contributed by atoms with E-state index in [0.29, 0.717) is 6.54 Å². The quantitative estimate of drug-likeness (QED) is 0.478. The van der Waals surface area contributed by atoms with Gasteiger partial charge < -0.3 is 0 Å². The summed E-state index contributed by atoms with van der Waals surface area (Å²) in [5.74, 6) is 0.286. The zero-order chi connectivity index (χ0) is 9.45. The molecule has 0 spiro atoms. The molecular weight excluding hydrogens is 200 g/mol. The lowest BCUT2D eigenvalue weighted by atomic mass is 10.3.